The quantitative estimate of drug-likeness (QED) is 0.260. The summed E-state index contributed by atoms with van der Waals surface area (Å²) in [6, 6.07) is 22.0. The predicted octanol–water partition coefficient (Wildman–Crippen LogP) is 7.20. The molecule has 1 heterocycles. The van der Waals surface area contributed by atoms with Crippen molar-refractivity contribution in [3.8, 4) is 28.0 Å². The first-order valence-electron chi connectivity index (χ1n) is 11.8. The van der Waals surface area contributed by atoms with Crippen LogP contribution in [0.25, 0.3) is 22.3 Å². The Labute approximate surface area is 215 Å². The zero-order chi connectivity index (χ0) is 25.7. The van der Waals surface area contributed by atoms with Gasteiger partial charge in [0, 0.05) is 10.9 Å². The summed E-state index contributed by atoms with van der Waals surface area (Å²) in [7, 11) is 0. The second-order valence-electron chi connectivity index (χ2n) is 8.62. The third-order valence-electron chi connectivity index (χ3n) is 5.80. The number of rotatable bonds is 8. The third kappa shape index (κ3) is 5.83. The van der Waals surface area contributed by atoms with Crippen LogP contribution >= 0.6 is 11.3 Å². The zero-order valence-electron chi connectivity index (χ0n) is 20.9. The van der Waals surface area contributed by atoms with E-state index in [0.29, 0.717) is 16.3 Å². The van der Waals surface area contributed by atoms with Gasteiger partial charge < -0.3 is 14.8 Å². The zero-order valence-corrected chi connectivity index (χ0v) is 21.7. The van der Waals surface area contributed by atoms with Crippen molar-refractivity contribution < 1.29 is 19.1 Å². The lowest BCUT2D eigenvalue weighted by Gasteiger charge is -2.11. The highest BCUT2D eigenvalue weighted by Gasteiger charge is 2.23. The largest absolute Gasteiger partial charge is 0.484 e. The summed E-state index contributed by atoms with van der Waals surface area (Å²) < 4.78 is 11.0. The maximum absolute atomic E-state index is 12.8. The summed E-state index contributed by atoms with van der Waals surface area (Å²) in [6.07, 6.45) is 0. The predicted molar refractivity (Wildman–Crippen MR) is 146 cm³/mol. The minimum absolute atomic E-state index is 0.178. The van der Waals surface area contributed by atoms with Gasteiger partial charge in [-0.15, -0.1) is 11.3 Å². The maximum atomic E-state index is 12.8. The van der Waals surface area contributed by atoms with Crippen molar-refractivity contribution >= 4 is 28.2 Å². The SMILES string of the molecule is CCOC(=O)c1c(-c2ccc(C)cc2C)csc1NC(=O)COc1ccc(-c2ccc(C)cc2)cc1. The van der Waals surface area contributed by atoms with Crippen molar-refractivity contribution in [2.45, 2.75) is 27.7 Å². The van der Waals surface area contributed by atoms with Crippen molar-refractivity contribution in [2.24, 2.45) is 0 Å². The second-order valence-corrected chi connectivity index (χ2v) is 9.50. The number of amides is 1. The second kappa shape index (κ2) is 11.2. The van der Waals surface area contributed by atoms with Crippen LogP contribution in [0.3, 0.4) is 0 Å². The first kappa shape index (κ1) is 25.2. The van der Waals surface area contributed by atoms with E-state index in [1.54, 1.807) is 6.92 Å². The molecule has 1 aromatic heterocycles. The van der Waals surface area contributed by atoms with Crippen LogP contribution in [0.4, 0.5) is 5.00 Å². The fourth-order valence-electron chi connectivity index (χ4n) is 3.97. The highest BCUT2D eigenvalue weighted by Crippen LogP contribution is 2.38. The van der Waals surface area contributed by atoms with E-state index in [9.17, 15) is 9.59 Å². The van der Waals surface area contributed by atoms with Crippen LogP contribution in [-0.2, 0) is 9.53 Å². The lowest BCUT2D eigenvalue weighted by atomic mass is 9.97. The summed E-state index contributed by atoms with van der Waals surface area (Å²) in [6.45, 7) is 7.92. The number of nitrogens with one attached hydrogen (secondary N) is 1. The number of carbonyl (C=O) groups excluding carboxylic acids is 2. The van der Waals surface area contributed by atoms with E-state index < -0.39 is 5.97 Å². The number of esters is 1. The van der Waals surface area contributed by atoms with Gasteiger partial charge in [-0.25, -0.2) is 4.79 Å². The molecule has 1 N–H and O–H groups in total. The van der Waals surface area contributed by atoms with E-state index in [-0.39, 0.29) is 19.1 Å². The molecule has 4 rings (SSSR count). The molecule has 184 valence electrons. The average Bonchev–Trinajstić information content (AvgIpc) is 3.27. The molecule has 0 bridgehead atoms. The van der Waals surface area contributed by atoms with Gasteiger partial charge in [0.1, 0.15) is 16.3 Å². The van der Waals surface area contributed by atoms with Crippen LogP contribution in [0.5, 0.6) is 5.75 Å². The monoisotopic (exact) mass is 499 g/mol. The maximum Gasteiger partial charge on any atom is 0.341 e. The number of aryl methyl sites for hydroxylation is 3. The Morgan fingerprint density at radius 3 is 2.11 bits per heavy atom. The van der Waals surface area contributed by atoms with Gasteiger partial charge in [0.2, 0.25) is 0 Å². The van der Waals surface area contributed by atoms with Gasteiger partial charge >= 0.3 is 5.97 Å². The molecule has 0 aliphatic rings. The van der Waals surface area contributed by atoms with Gasteiger partial charge in [-0.2, -0.15) is 0 Å². The average molecular weight is 500 g/mol. The van der Waals surface area contributed by atoms with Crippen molar-refractivity contribution in [3.05, 3.63) is 94.4 Å². The molecule has 0 aliphatic heterocycles. The molecule has 5 nitrogen and oxygen atoms in total. The standard InChI is InChI=1S/C30H29NO4S/c1-5-34-30(33)28-26(25-15-8-20(3)16-21(25)4)18-36-29(28)31-27(32)17-35-24-13-11-23(12-14-24)22-9-6-19(2)7-10-22/h6-16,18H,5,17H2,1-4H3,(H,31,32). The molecule has 0 spiro atoms. The summed E-state index contributed by atoms with van der Waals surface area (Å²) in [5.41, 5.74) is 7.64. The number of hydrogen-bond acceptors (Lipinski definition) is 5. The van der Waals surface area contributed by atoms with E-state index in [2.05, 4.69) is 42.6 Å². The Balaban J connectivity index is 1.47. The molecule has 0 aliphatic carbocycles. The van der Waals surface area contributed by atoms with Crippen molar-refractivity contribution in [1.82, 2.24) is 0 Å². The molecular formula is C30H29NO4S. The van der Waals surface area contributed by atoms with Crippen LogP contribution in [-0.4, -0.2) is 25.1 Å². The molecule has 0 saturated carbocycles. The van der Waals surface area contributed by atoms with Gasteiger partial charge in [0.15, 0.2) is 6.61 Å². The van der Waals surface area contributed by atoms with E-state index in [4.69, 9.17) is 9.47 Å². The molecule has 0 saturated heterocycles. The Morgan fingerprint density at radius 1 is 0.833 bits per heavy atom. The summed E-state index contributed by atoms with van der Waals surface area (Å²) >= 11 is 1.30. The van der Waals surface area contributed by atoms with Gasteiger partial charge in [0.25, 0.3) is 5.91 Å². The topological polar surface area (TPSA) is 64.6 Å². The number of anilines is 1. The molecule has 0 unspecified atom stereocenters. The van der Waals surface area contributed by atoms with Crippen molar-refractivity contribution in [3.63, 3.8) is 0 Å². The Morgan fingerprint density at radius 2 is 1.47 bits per heavy atom. The smallest absolute Gasteiger partial charge is 0.341 e. The number of carbonyl (C=O) groups is 2. The Hall–Kier alpha value is -3.90. The molecule has 0 radical (unpaired) electrons. The van der Waals surface area contributed by atoms with Gasteiger partial charge in [-0.05, 0) is 62.1 Å². The third-order valence-corrected chi connectivity index (χ3v) is 6.70. The van der Waals surface area contributed by atoms with E-state index >= 15 is 0 Å². The van der Waals surface area contributed by atoms with E-state index in [1.807, 2.05) is 55.6 Å². The molecule has 1 amide bonds. The highest BCUT2D eigenvalue weighted by atomic mass is 32.1. The number of benzene rings is 3. The van der Waals surface area contributed by atoms with Gasteiger partial charge in [-0.1, -0.05) is 65.7 Å². The fourth-order valence-corrected chi connectivity index (χ4v) is 4.94. The minimum Gasteiger partial charge on any atom is -0.484 e. The summed E-state index contributed by atoms with van der Waals surface area (Å²) in [5.74, 6) is -0.220. The van der Waals surface area contributed by atoms with Gasteiger partial charge in [-0.3, -0.25) is 4.79 Å². The molecule has 4 aromatic rings. The lowest BCUT2D eigenvalue weighted by molar-refractivity contribution is -0.118. The fraction of sp³-hybridized carbons (Fsp3) is 0.200. The Bertz CT molecular complexity index is 1370. The van der Waals surface area contributed by atoms with Crippen LogP contribution in [0.2, 0.25) is 0 Å². The first-order chi connectivity index (χ1) is 17.4. The molecule has 6 heteroatoms. The minimum atomic E-state index is -0.461. The van der Waals surface area contributed by atoms with Crippen molar-refractivity contribution in [1.29, 1.82) is 0 Å². The first-order valence-corrected chi connectivity index (χ1v) is 12.7. The van der Waals surface area contributed by atoms with Crippen LogP contribution in [0.1, 0.15) is 34.0 Å². The molecule has 3 aromatic carbocycles. The molecule has 36 heavy (non-hydrogen) atoms. The highest BCUT2D eigenvalue weighted by molar-refractivity contribution is 7.15. The number of hydrogen-bond donors (Lipinski definition) is 1. The van der Waals surface area contributed by atoms with Crippen LogP contribution < -0.4 is 10.1 Å². The van der Waals surface area contributed by atoms with Gasteiger partial charge in [0.05, 0.1) is 6.61 Å². The number of ether oxygens (including phenoxy) is 2. The molecular weight excluding hydrogens is 470 g/mol. The van der Waals surface area contributed by atoms with E-state index in [0.717, 1.165) is 33.4 Å². The van der Waals surface area contributed by atoms with Crippen LogP contribution in [0, 0.1) is 20.8 Å². The Kier molecular flexibility index (Phi) is 7.86. The number of thiophene rings is 1. The molecule has 0 atom stereocenters. The normalized spacial score (nSPS) is 10.7. The lowest BCUT2D eigenvalue weighted by Crippen LogP contribution is -2.21. The van der Waals surface area contributed by atoms with Crippen molar-refractivity contribution in [2.75, 3.05) is 18.5 Å². The van der Waals surface area contributed by atoms with E-state index in [1.165, 1.54) is 16.9 Å². The summed E-state index contributed by atoms with van der Waals surface area (Å²) in [5, 5.41) is 5.17. The summed E-state index contributed by atoms with van der Waals surface area (Å²) in [4.78, 5) is 25.5. The molecule has 0 fully saturated rings. The van der Waals surface area contributed by atoms with Crippen LogP contribution in [0.15, 0.2) is 72.1 Å².